The summed E-state index contributed by atoms with van der Waals surface area (Å²) in [6, 6.07) is 0. The van der Waals surface area contributed by atoms with Crippen molar-refractivity contribution in [1.82, 2.24) is 9.97 Å². The van der Waals surface area contributed by atoms with Crippen molar-refractivity contribution in [3.05, 3.63) is 16.1 Å². The molecule has 0 radical (unpaired) electrons. The molecule has 1 aliphatic rings. The number of hydrogen-bond donors (Lipinski definition) is 2. The van der Waals surface area contributed by atoms with Crippen LogP contribution in [0.5, 0.6) is 0 Å². The zero-order valence-corrected chi connectivity index (χ0v) is 13.1. The third kappa shape index (κ3) is 3.54. The van der Waals surface area contributed by atoms with Gasteiger partial charge in [0.1, 0.15) is 12.1 Å². The molecule has 0 saturated heterocycles. The van der Waals surface area contributed by atoms with Crippen molar-refractivity contribution in [1.29, 1.82) is 0 Å². The van der Waals surface area contributed by atoms with E-state index in [0.29, 0.717) is 12.0 Å². The van der Waals surface area contributed by atoms with Gasteiger partial charge in [0.15, 0.2) is 0 Å². The molecule has 1 aromatic rings. The third-order valence-electron chi connectivity index (χ3n) is 3.79. The van der Waals surface area contributed by atoms with Crippen LogP contribution in [0.25, 0.3) is 0 Å². The highest BCUT2D eigenvalue weighted by atomic mass is 127. The van der Waals surface area contributed by atoms with E-state index in [1.54, 1.807) is 6.20 Å². The predicted octanol–water partition coefficient (Wildman–Crippen LogP) is 2.82. The van der Waals surface area contributed by atoms with E-state index in [9.17, 15) is 5.11 Å². The summed E-state index contributed by atoms with van der Waals surface area (Å²) in [7, 11) is 0. The summed E-state index contributed by atoms with van der Waals surface area (Å²) in [5, 5.41) is 13.8. The van der Waals surface area contributed by atoms with Crippen LogP contribution in [0.15, 0.2) is 12.5 Å². The van der Waals surface area contributed by atoms with E-state index in [1.807, 2.05) is 0 Å². The second-order valence-electron chi connectivity index (χ2n) is 5.96. The van der Waals surface area contributed by atoms with E-state index in [4.69, 9.17) is 0 Å². The number of hydrogen-bond acceptors (Lipinski definition) is 4. The van der Waals surface area contributed by atoms with Crippen LogP contribution < -0.4 is 5.32 Å². The molecule has 5 heteroatoms. The average molecular weight is 361 g/mol. The molecular formula is C13H20IN3O. The van der Waals surface area contributed by atoms with Gasteiger partial charge in [0.05, 0.1) is 9.17 Å². The SMILES string of the molecule is CC1(C)CCC(O)(CNc2ncncc2I)CC1. The van der Waals surface area contributed by atoms with Crippen LogP contribution in [0, 0.1) is 8.99 Å². The van der Waals surface area contributed by atoms with Crippen molar-refractivity contribution in [2.45, 2.75) is 45.1 Å². The van der Waals surface area contributed by atoms with Gasteiger partial charge in [-0.1, -0.05) is 13.8 Å². The molecule has 18 heavy (non-hydrogen) atoms. The fourth-order valence-corrected chi connectivity index (χ4v) is 2.75. The van der Waals surface area contributed by atoms with Gasteiger partial charge in [0.2, 0.25) is 0 Å². The summed E-state index contributed by atoms with van der Waals surface area (Å²) in [6.45, 7) is 5.11. The lowest BCUT2D eigenvalue weighted by Gasteiger charge is -2.40. The smallest absolute Gasteiger partial charge is 0.142 e. The molecule has 0 aliphatic heterocycles. The maximum Gasteiger partial charge on any atom is 0.142 e. The van der Waals surface area contributed by atoms with Gasteiger partial charge >= 0.3 is 0 Å². The fraction of sp³-hybridized carbons (Fsp3) is 0.692. The minimum Gasteiger partial charge on any atom is -0.388 e. The molecule has 1 aliphatic carbocycles. The first-order valence-corrected chi connectivity index (χ1v) is 7.40. The number of aliphatic hydroxyl groups is 1. The Balaban J connectivity index is 1.93. The van der Waals surface area contributed by atoms with E-state index in [-0.39, 0.29) is 0 Å². The quantitative estimate of drug-likeness (QED) is 0.813. The van der Waals surface area contributed by atoms with Gasteiger partial charge in [0, 0.05) is 12.7 Å². The first-order chi connectivity index (χ1) is 8.40. The molecule has 1 fully saturated rings. The van der Waals surface area contributed by atoms with E-state index < -0.39 is 5.60 Å². The van der Waals surface area contributed by atoms with Crippen LogP contribution in [0.1, 0.15) is 39.5 Å². The van der Waals surface area contributed by atoms with Crippen molar-refractivity contribution in [2.75, 3.05) is 11.9 Å². The molecule has 0 spiro atoms. The Morgan fingerprint density at radius 2 is 2.00 bits per heavy atom. The van der Waals surface area contributed by atoms with E-state index in [1.165, 1.54) is 6.33 Å². The molecule has 100 valence electrons. The molecule has 1 aromatic heterocycles. The van der Waals surface area contributed by atoms with Crippen LogP contribution in [-0.4, -0.2) is 27.2 Å². The van der Waals surface area contributed by atoms with Gasteiger partial charge < -0.3 is 10.4 Å². The van der Waals surface area contributed by atoms with Crippen LogP contribution in [0.2, 0.25) is 0 Å². The molecule has 1 saturated carbocycles. The molecule has 2 rings (SSSR count). The lowest BCUT2D eigenvalue weighted by Crippen LogP contribution is -2.42. The van der Waals surface area contributed by atoms with Crippen molar-refractivity contribution in [3.63, 3.8) is 0 Å². The Labute approximate surface area is 122 Å². The zero-order chi connectivity index (χ0) is 13.2. The van der Waals surface area contributed by atoms with Crippen LogP contribution >= 0.6 is 22.6 Å². The minimum absolute atomic E-state index is 0.371. The highest BCUT2D eigenvalue weighted by molar-refractivity contribution is 14.1. The van der Waals surface area contributed by atoms with Crippen LogP contribution in [0.3, 0.4) is 0 Å². The standard InChI is InChI=1S/C13H20IN3O/c1-12(2)3-5-13(18,6-4-12)8-16-11-10(14)7-15-9-17-11/h7,9,18H,3-6,8H2,1-2H3,(H,15,16,17). The van der Waals surface area contributed by atoms with Gasteiger partial charge in [-0.3, -0.25) is 0 Å². The molecule has 0 amide bonds. The Bertz CT molecular complexity index is 412. The third-order valence-corrected chi connectivity index (χ3v) is 4.58. The van der Waals surface area contributed by atoms with Gasteiger partial charge in [-0.2, -0.15) is 0 Å². The zero-order valence-electron chi connectivity index (χ0n) is 10.9. The first-order valence-electron chi connectivity index (χ1n) is 6.32. The Morgan fingerprint density at radius 3 is 2.61 bits per heavy atom. The maximum absolute atomic E-state index is 10.5. The topological polar surface area (TPSA) is 58.0 Å². The maximum atomic E-state index is 10.5. The van der Waals surface area contributed by atoms with Crippen LogP contribution in [0.4, 0.5) is 5.82 Å². The van der Waals surface area contributed by atoms with E-state index in [2.05, 4.69) is 51.7 Å². The summed E-state index contributed by atoms with van der Waals surface area (Å²) in [4.78, 5) is 8.14. The normalized spacial score (nSPS) is 21.6. The second-order valence-corrected chi connectivity index (χ2v) is 7.12. The summed E-state index contributed by atoms with van der Waals surface area (Å²) in [5.41, 5.74) is -0.223. The van der Waals surface area contributed by atoms with Crippen molar-refractivity contribution < 1.29 is 5.11 Å². The Morgan fingerprint density at radius 1 is 1.33 bits per heavy atom. The number of nitrogens with zero attached hydrogens (tertiary/aromatic N) is 2. The fourth-order valence-electron chi connectivity index (χ4n) is 2.26. The minimum atomic E-state index is -0.594. The summed E-state index contributed by atoms with van der Waals surface area (Å²) >= 11 is 2.20. The molecule has 0 bridgehead atoms. The lowest BCUT2D eigenvalue weighted by atomic mass is 9.71. The summed E-state index contributed by atoms with van der Waals surface area (Å²) in [5.74, 6) is 0.809. The van der Waals surface area contributed by atoms with Crippen molar-refractivity contribution in [3.8, 4) is 0 Å². The Hall–Kier alpha value is -0.430. The number of rotatable bonds is 3. The molecule has 0 unspecified atom stereocenters. The molecule has 0 atom stereocenters. The summed E-state index contributed by atoms with van der Waals surface area (Å²) < 4.78 is 0.981. The molecule has 2 N–H and O–H groups in total. The average Bonchev–Trinajstić information content (AvgIpc) is 2.33. The van der Waals surface area contributed by atoms with Gasteiger partial charge in [-0.25, -0.2) is 9.97 Å². The van der Waals surface area contributed by atoms with Crippen molar-refractivity contribution >= 4 is 28.4 Å². The largest absolute Gasteiger partial charge is 0.388 e. The number of anilines is 1. The van der Waals surface area contributed by atoms with E-state index >= 15 is 0 Å². The number of aromatic nitrogens is 2. The number of nitrogens with one attached hydrogen (secondary N) is 1. The molecule has 4 nitrogen and oxygen atoms in total. The highest BCUT2D eigenvalue weighted by Crippen LogP contribution is 2.40. The van der Waals surface area contributed by atoms with Gasteiger partial charge in [-0.05, 0) is 53.7 Å². The number of halogens is 1. The Kier molecular flexibility index (Phi) is 4.11. The second kappa shape index (κ2) is 5.28. The first kappa shape index (κ1) is 14.0. The molecular weight excluding hydrogens is 341 g/mol. The summed E-state index contributed by atoms with van der Waals surface area (Å²) in [6.07, 6.45) is 7.16. The molecule has 0 aromatic carbocycles. The van der Waals surface area contributed by atoms with Gasteiger partial charge in [-0.15, -0.1) is 0 Å². The molecule has 1 heterocycles. The van der Waals surface area contributed by atoms with Crippen molar-refractivity contribution in [2.24, 2.45) is 5.41 Å². The highest BCUT2D eigenvalue weighted by Gasteiger charge is 2.36. The predicted molar refractivity (Wildman–Crippen MR) is 80.4 cm³/mol. The van der Waals surface area contributed by atoms with E-state index in [0.717, 1.165) is 35.1 Å². The van der Waals surface area contributed by atoms with Gasteiger partial charge in [0.25, 0.3) is 0 Å². The lowest BCUT2D eigenvalue weighted by molar-refractivity contribution is -0.0146. The monoisotopic (exact) mass is 361 g/mol. The van der Waals surface area contributed by atoms with Crippen LogP contribution in [-0.2, 0) is 0 Å².